The Morgan fingerprint density at radius 2 is 1.79 bits per heavy atom. The Labute approximate surface area is 117 Å². The molecule has 3 heteroatoms. The normalized spacial score (nSPS) is 12.5. The van der Waals surface area contributed by atoms with Gasteiger partial charge >= 0.3 is 0 Å². The van der Waals surface area contributed by atoms with Crippen LogP contribution in [-0.4, -0.2) is 34.0 Å². The lowest BCUT2D eigenvalue weighted by molar-refractivity contribution is 0.0685. The van der Waals surface area contributed by atoms with E-state index < -0.39 is 0 Å². The molecular weight excluding hydrogens is 238 g/mol. The van der Waals surface area contributed by atoms with E-state index in [1.807, 2.05) is 7.05 Å². The number of hydrogen-bond acceptors (Lipinski definition) is 3. The molecule has 108 valence electrons. The van der Waals surface area contributed by atoms with Gasteiger partial charge in [0.25, 0.3) is 0 Å². The van der Waals surface area contributed by atoms with E-state index in [-0.39, 0.29) is 0 Å². The predicted octanol–water partition coefficient (Wildman–Crippen LogP) is 3.17. The van der Waals surface area contributed by atoms with Crippen LogP contribution in [0.4, 0.5) is 0 Å². The van der Waals surface area contributed by atoms with Crippen molar-refractivity contribution in [1.82, 2.24) is 5.32 Å². The van der Waals surface area contributed by atoms with Gasteiger partial charge in [0.2, 0.25) is 0 Å². The molecule has 0 saturated carbocycles. The van der Waals surface area contributed by atoms with E-state index in [0.29, 0.717) is 19.3 Å². The van der Waals surface area contributed by atoms with Crippen molar-refractivity contribution < 1.29 is 9.47 Å². The minimum Gasteiger partial charge on any atom is -0.382 e. The van der Waals surface area contributed by atoms with Crippen LogP contribution in [0.15, 0.2) is 30.3 Å². The summed E-state index contributed by atoms with van der Waals surface area (Å²) >= 11 is 0. The Balaban J connectivity index is 2.07. The van der Waals surface area contributed by atoms with Crippen LogP contribution in [0.3, 0.4) is 0 Å². The Morgan fingerprint density at radius 1 is 1.00 bits per heavy atom. The second-order valence-corrected chi connectivity index (χ2v) is 4.71. The van der Waals surface area contributed by atoms with Gasteiger partial charge in [0.05, 0.1) is 13.2 Å². The molecule has 3 nitrogen and oxygen atoms in total. The zero-order chi connectivity index (χ0) is 13.8. The van der Waals surface area contributed by atoms with Gasteiger partial charge in [-0.05, 0) is 25.5 Å². The maximum absolute atomic E-state index is 5.45. The number of rotatable bonds is 11. The highest BCUT2D eigenvalue weighted by molar-refractivity contribution is 5.18. The van der Waals surface area contributed by atoms with E-state index in [9.17, 15) is 0 Å². The van der Waals surface area contributed by atoms with Crippen molar-refractivity contribution in [2.45, 2.75) is 31.7 Å². The molecule has 0 fully saturated rings. The number of ether oxygens (including phenoxy) is 2. The third-order valence-corrected chi connectivity index (χ3v) is 3.26. The summed E-state index contributed by atoms with van der Waals surface area (Å²) in [5, 5.41) is 3.39. The summed E-state index contributed by atoms with van der Waals surface area (Å²) in [4.78, 5) is 0. The maximum Gasteiger partial charge on any atom is 0.0700 e. The van der Waals surface area contributed by atoms with Gasteiger partial charge in [-0.3, -0.25) is 0 Å². The third kappa shape index (κ3) is 7.31. The SMILES string of the molecule is CNC(CCCCCOCCOC)c1ccccc1. The van der Waals surface area contributed by atoms with Crippen molar-refractivity contribution in [3.63, 3.8) is 0 Å². The minimum absolute atomic E-state index is 0.468. The van der Waals surface area contributed by atoms with Gasteiger partial charge in [-0.1, -0.05) is 43.2 Å². The van der Waals surface area contributed by atoms with Crippen LogP contribution < -0.4 is 5.32 Å². The summed E-state index contributed by atoms with van der Waals surface area (Å²) in [6.45, 7) is 2.24. The maximum atomic E-state index is 5.45. The summed E-state index contributed by atoms with van der Waals surface area (Å²) in [5.41, 5.74) is 1.38. The molecule has 1 atom stereocenters. The van der Waals surface area contributed by atoms with E-state index in [4.69, 9.17) is 9.47 Å². The smallest absolute Gasteiger partial charge is 0.0700 e. The molecule has 0 aliphatic carbocycles. The summed E-state index contributed by atoms with van der Waals surface area (Å²) in [6.07, 6.45) is 4.76. The number of hydrogen-bond donors (Lipinski definition) is 1. The lowest BCUT2D eigenvalue weighted by Gasteiger charge is -2.16. The molecule has 1 unspecified atom stereocenters. The molecular formula is C16H27NO2. The van der Waals surface area contributed by atoms with Gasteiger partial charge in [-0.2, -0.15) is 0 Å². The largest absolute Gasteiger partial charge is 0.382 e. The van der Waals surface area contributed by atoms with E-state index in [2.05, 4.69) is 35.6 Å². The molecule has 0 aliphatic heterocycles. The van der Waals surface area contributed by atoms with E-state index >= 15 is 0 Å². The van der Waals surface area contributed by atoms with Gasteiger partial charge in [0.1, 0.15) is 0 Å². The van der Waals surface area contributed by atoms with Crippen molar-refractivity contribution in [3.8, 4) is 0 Å². The molecule has 0 aromatic heterocycles. The average Bonchev–Trinajstić information content (AvgIpc) is 2.47. The van der Waals surface area contributed by atoms with E-state index in [0.717, 1.165) is 13.0 Å². The minimum atomic E-state index is 0.468. The fourth-order valence-corrected chi connectivity index (χ4v) is 2.14. The first-order valence-corrected chi connectivity index (χ1v) is 7.17. The third-order valence-electron chi connectivity index (χ3n) is 3.26. The molecule has 19 heavy (non-hydrogen) atoms. The summed E-state index contributed by atoms with van der Waals surface area (Å²) in [5.74, 6) is 0. The predicted molar refractivity (Wildman–Crippen MR) is 79.4 cm³/mol. The van der Waals surface area contributed by atoms with Crippen LogP contribution >= 0.6 is 0 Å². The Bertz CT molecular complexity index is 303. The molecule has 0 spiro atoms. The number of nitrogens with one attached hydrogen (secondary N) is 1. The van der Waals surface area contributed by atoms with Crippen molar-refractivity contribution in [1.29, 1.82) is 0 Å². The van der Waals surface area contributed by atoms with Crippen LogP contribution in [0, 0.1) is 0 Å². The Morgan fingerprint density at radius 3 is 2.47 bits per heavy atom. The van der Waals surface area contributed by atoms with Crippen LogP contribution in [-0.2, 0) is 9.47 Å². The number of methoxy groups -OCH3 is 1. The van der Waals surface area contributed by atoms with Crippen LogP contribution in [0.5, 0.6) is 0 Å². The van der Waals surface area contributed by atoms with Crippen LogP contribution in [0.2, 0.25) is 0 Å². The van der Waals surface area contributed by atoms with Crippen molar-refractivity contribution in [2.24, 2.45) is 0 Å². The zero-order valence-electron chi connectivity index (χ0n) is 12.2. The molecule has 0 aliphatic rings. The molecule has 0 amide bonds. The van der Waals surface area contributed by atoms with Crippen molar-refractivity contribution in [2.75, 3.05) is 34.0 Å². The summed E-state index contributed by atoms with van der Waals surface area (Å²) < 4.78 is 10.4. The van der Waals surface area contributed by atoms with Gasteiger partial charge in [-0.15, -0.1) is 0 Å². The zero-order valence-corrected chi connectivity index (χ0v) is 12.2. The first-order chi connectivity index (χ1) is 9.38. The van der Waals surface area contributed by atoms with E-state index in [1.165, 1.54) is 24.8 Å². The van der Waals surface area contributed by atoms with Gasteiger partial charge in [0, 0.05) is 19.8 Å². The van der Waals surface area contributed by atoms with Crippen LogP contribution in [0.1, 0.15) is 37.3 Å². The second-order valence-electron chi connectivity index (χ2n) is 4.71. The first-order valence-electron chi connectivity index (χ1n) is 7.17. The molecule has 1 aromatic carbocycles. The van der Waals surface area contributed by atoms with Gasteiger partial charge in [-0.25, -0.2) is 0 Å². The lowest BCUT2D eigenvalue weighted by atomic mass is 10.0. The monoisotopic (exact) mass is 265 g/mol. The highest BCUT2D eigenvalue weighted by Gasteiger charge is 2.07. The van der Waals surface area contributed by atoms with Crippen LogP contribution in [0.25, 0.3) is 0 Å². The number of unbranched alkanes of at least 4 members (excludes halogenated alkanes) is 2. The molecule has 0 radical (unpaired) electrons. The van der Waals surface area contributed by atoms with Gasteiger partial charge in [0.15, 0.2) is 0 Å². The fourth-order valence-electron chi connectivity index (χ4n) is 2.14. The first kappa shape index (κ1) is 16.2. The van der Waals surface area contributed by atoms with Gasteiger partial charge < -0.3 is 14.8 Å². The summed E-state index contributed by atoms with van der Waals surface area (Å²) in [7, 11) is 3.73. The highest BCUT2D eigenvalue weighted by atomic mass is 16.5. The second kappa shape index (κ2) is 11.0. The number of benzene rings is 1. The Kier molecular flexibility index (Phi) is 9.33. The molecule has 0 saturated heterocycles. The average molecular weight is 265 g/mol. The van der Waals surface area contributed by atoms with Crippen molar-refractivity contribution >= 4 is 0 Å². The lowest BCUT2D eigenvalue weighted by Crippen LogP contribution is -2.16. The molecule has 1 rings (SSSR count). The fraction of sp³-hybridized carbons (Fsp3) is 0.625. The molecule has 0 bridgehead atoms. The quantitative estimate of drug-likeness (QED) is 0.623. The highest BCUT2D eigenvalue weighted by Crippen LogP contribution is 2.18. The van der Waals surface area contributed by atoms with E-state index in [1.54, 1.807) is 7.11 Å². The molecule has 0 heterocycles. The Hall–Kier alpha value is -0.900. The molecule has 1 N–H and O–H groups in total. The standard InChI is InChI=1S/C16H27NO2/c1-17-16(15-9-5-3-6-10-15)11-7-4-8-12-19-14-13-18-2/h3,5-6,9-10,16-17H,4,7-8,11-14H2,1-2H3. The summed E-state index contributed by atoms with van der Waals surface area (Å²) in [6, 6.07) is 11.1. The molecule has 1 aromatic rings. The van der Waals surface area contributed by atoms with Crippen molar-refractivity contribution in [3.05, 3.63) is 35.9 Å². The topological polar surface area (TPSA) is 30.5 Å².